The molecule has 1 aromatic carbocycles. The Hall–Kier alpha value is -3.66. The average Bonchev–Trinajstić information content (AvgIpc) is 3.35. The number of piperidine rings is 1. The Morgan fingerprint density at radius 1 is 1.00 bits per heavy atom. The van der Waals surface area contributed by atoms with Gasteiger partial charge in [-0.2, -0.15) is 0 Å². The smallest absolute Gasteiger partial charge is 0.254 e. The quantitative estimate of drug-likeness (QED) is 0.633. The molecule has 3 aliphatic rings. The van der Waals surface area contributed by atoms with Gasteiger partial charge in [-0.05, 0) is 55.7 Å². The topological polar surface area (TPSA) is 121 Å². The summed E-state index contributed by atoms with van der Waals surface area (Å²) in [5, 5.41) is 3.20. The molecule has 0 aliphatic carbocycles. The number of carbonyl (C=O) groups is 3. The SMILES string of the molecule is NC(=O)c1ccc(N2CCCC(N3CCCC3=O)C2)nc1Nc1ccc(C(=O)N2CCOCC2)cc1. The molecule has 3 aliphatic heterocycles. The molecule has 3 saturated heterocycles. The summed E-state index contributed by atoms with van der Waals surface area (Å²) >= 11 is 0. The van der Waals surface area contributed by atoms with E-state index in [1.807, 2.05) is 11.0 Å². The minimum atomic E-state index is -0.574. The molecule has 36 heavy (non-hydrogen) atoms. The molecule has 1 aromatic heterocycles. The Balaban J connectivity index is 1.32. The molecule has 3 fully saturated rings. The van der Waals surface area contributed by atoms with Crippen LogP contribution in [0.3, 0.4) is 0 Å². The van der Waals surface area contributed by atoms with Crippen molar-refractivity contribution in [1.29, 1.82) is 0 Å². The summed E-state index contributed by atoms with van der Waals surface area (Å²) in [5.74, 6) is 0.732. The highest BCUT2D eigenvalue weighted by molar-refractivity contribution is 5.99. The van der Waals surface area contributed by atoms with Crippen LogP contribution in [-0.4, -0.2) is 84.5 Å². The van der Waals surface area contributed by atoms with Crippen LogP contribution in [0.1, 0.15) is 46.4 Å². The first-order chi connectivity index (χ1) is 17.5. The van der Waals surface area contributed by atoms with Crippen LogP contribution in [0.15, 0.2) is 36.4 Å². The number of benzene rings is 1. The molecule has 0 bridgehead atoms. The van der Waals surface area contributed by atoms with Crippen molar-refractivity contribution in [3.63, 3.8) is 0 Å². The number of aromatic nitrogens is 1. The van der Waals surface area contributed by atoms with Crippen molar-refractivity contribution in [3.8, 4) is 0 Å². The van der Waals surface area contributed by atoms with Crippen molar-refractivity contribution >= 4 is 35.0 Å². The molecule has 0 saturated carbocycles. The Kier molecular flexibility index (Phi) is 7.04. The zero-order valence-corrected chi connectivity index (χ0v) is 20.3. The minimum Gasteiger partial charge on any atom is -0.378 e. The van der Waals surface area contributed by atoms with Crippen molar-refractivity contribution in [2.24, 2.45) is 5.73 Å². The zero-order valence-electron chi connectivity index (χ0n) is 20.3. The van der Waals surface area contributed by atoms with Gasteiger partial charge in [0.1, 0.15) is 11.6 Å². The number of nitrogens with one attached hydrogen (secondary N) is 1. The van der Waals surface area contributed by atoms with E-state index in [4.69, 9.17) is 15.5 Å². The molecule has 0 spiro atoms. The number of morpholine rings is 1. The maximum absolute atomic E-state index is 12.7. The van der Waals surface area contributed by atoms with Crippen LogP contribution in [0, 0.1) is 0 Å². The summed E-state index contributed by atoms with van der Waals surface area (Å²) < 4.78 is 5.32. The number of hydrogen-bond donors (Lipinski definition) is 2. The van der Waals surface area contributed by atoms with Gasteiger partial charge in [0.15, 0.2) is 0 Å². The second-order valence-corrected chi connectivity index (χ2v) is 9.47. The van der Waals surface area contributed by atoms with Crippen molar-refractivity contribution < 1.29 is 19.1 Å². The number of rotatable bonds is 6. The number of primary amides is 1. The molecule has 190 valence electrons. The number of pyridine rings is 1. The van der Waals surface area contributed by atoms with Crippen LogP contribution in [0.25, 0.3) is 0 Å². The maximum Gasteiger partial charge on any atom is 0.254 e. The summed E-state index contributed by atoms with van der Waals surface area (Å²) in [7, 11) is 0. The monoisotopic (exact) mass is 492 g/mol. The first-order valence-electron chi connectivity index (χ1n) is 12.6. The van der Waals surface area contributed by atoms with Gasteiger partial charge >= 0.3 is 0 Å². The maximum atomic E-state index is 12.7. The normalized spacial score (nSPS) is 20.5. The van der Waals surface area contributed by atoms with E-state index in [1.54, 1.807) is 35.2 Å². The third kappa shape index (κ3) is 5.13. The molecular weight excluding hydrogens is 460 g/mol. The van der Waals surface area contributed by atoms with Gasteiger partial charge < -0.3 is 30.5 Å². The number of nitrogens with two attached hydrogens (primary N) is 1. The number of anilines is 3. The predicted molar refractivity (Wildman–Crippen MR) is 135 cm³/mol. The van der Waals surface area contributed by atoms with E-state index < -0.39 is 5.91 Å². The molecule has 1 unspecified atom stereocenters. The molecule has 10 nitrogen and oxygen atoms in total. The minimum absolute atomic E-state index is 0.0288. The lowest BCUT2D eigenvalue weighted by Gasteiger charge is -2.38. The largest absolute Gasteiger partial charge is 0.378 e. The van der Waals surface area contributed by atoms with Gasteiger partial charge in [0.2, 0.25) is 5.91 Å². The summed E-state index contributed by atoms with van der Waals surface area (Å²) in [5.41, 5.74) is 7.20. The first-order valence-corrected chi connectivity index (χ1v) is 12.6. The van der Waals surface area contributed by atoms with E-state index in [-0.39, 0.29) is 23.4 Å². The van der Waals surface area contributed by atoms with Crippen LogP contribution >= 0.6 is 0 Å². The van der Waals surface area contributed by atoms with E-state index in [9.17, 15) is 14.4 Å². The molecule has 1 atom stereocenters. The van der Waals surface area contributed by atoms with Crippen molar-refractivity contribution in [2.45, 2.75) is 31.7 Å². The van der Waals surface area contributed by atoms with E-state index in [2.05, 4.69) is 10.2 Å². The molecule has 2 aromatic rings. The standard InChI is InChI=1S/C26H32N6O4/c27-24(34)21-9-10-22(31-11-1-3-20(17-31)32-12-2-4-23(32)33)29-25(21)28-19-7-5-18(6-8-19)26(35)30-13-15-36-16-14-30/h5-10,20H,1-4,11-17H2,(H2,27,34)(H,28,29). The van der Waals surface area contributed by atoms with Gasteiger partial charge in [0.05, 0.1) is 18.8 Å². The van der Waals surface area contributed by atoms with Gasteiger partial charge in [-0.25, -0.2) is 4.98 Å². The van der Waals surface area contributed by atoms with E-state index in [1.165, 1.54) is 0 Å². The van der Waals surface area contributed by atoms with E-state index in [0.29, 0.717) is 56.3 Å². The number of ether oxygens (including phenoxy) is 1. The Morgan fingerprint density at radius 2 is 1.78 bits per heavy atom. The second kappa shape index (κ2) is 10.5. The molecular formula is C26H32N6O4. The molecule has 5 rings (SSSR count). The zero-order chi connectivity index (χ0) is 25.1. The fraction of sp³-hybridized carbons (Fsp3) is 0.462. The highest BCUT2D eigenvalue weighted by Gasteiger charge is 2.32. The van der Waals surface area contributed by atoms with Crippen LogP contribution in [0.2, 0.25) is 0 Å². The van der Waals surface area contributed by atoms with E-state index >= 15 is 0 Å². The third-order valence-corrected chi connectivity index (χ3v) is 7.11. The lowest BCUT2D eigenvalue weighted by Crippen LogP contribution is -2.48. The van der Waals surface area contributed by atoms with Gasteiger partial charge in [-0.1, -0.05) is 0 Å². The number of hydrogen-bond acceptors (Lipinski definition) is 7. The Labute approximate surface area is 210 Å². The molecule has 3 N–H and O–H groups in total. The number of amides is 3. The summed E-state index contributed by atoms with van der Waals surface area (Å²) in [6.07, 6.45) is 3.51. The van der Waals surface area contributed by atoms with Gasteiger partial charge in [-0.3, -0.25) is 14.4 Å². The average molecular weight is 493 g/mol. The van der Waals surface area contributed by atoms with Gasteiger partial charge in [0, 0.05) is 56.4 Å². The van der Waals surface area contributed by atoms with Crippen LogP contribution in [0.5, 0.6) is 0 Å². The summed E-state index contributed by atoms with van der Waals surface area (Å²) in [6.45, 7) is 4.64. The third-order valence-electron chi connectivity index (χ3n) is 7.11. The first kappa shape index (κ1) is 24.1. The number of likely N-dealkylation sites (tertiary alicyclic amines) is 1. The predicted octanol–water partition coefficient (Wildman–Crippen LogP) is 1.99. The number of nitrogens with zero attached hydrogens (tertiary/aromatic N) is 4. The molecule has 10 heteroatoms. The Bertz CT molecular complexity index is 1130. The van der Waals surface area contributed by atoms with Crippen molar-refractivity contribution in [3.05, 3.63) is 47.5 Å². The van der Waals surface area contributed by atoms with Gasteiger partial charge in [-0.15, -0.1) is 0 Å². The lowest BCUT2D eigenvalue weighted by molar-refractivity contribution is -0.129. The number of carbonyl (C=O) groups excluding carboxylic acids is 3. The highest BCUT2D eigenvalue weighted by Crippen LogP contribution is 2.28. The fourth-order valence-electron chi connectivity index (χ4n) is 5.17. The Morgan fingerprint density at radius 3 is 2.47 bits per heavy atom. The summed E-state index contributed by atoms with van der Waals surface area (Å²) in [4.78, 5) is 47.8. The second-order valence-electron chi connectivity index (χ2n) is 9.47. The highest BCUT2D eigenvalue weighted by atomic mass is 16.5. The van der Waals surface area contributed by atoms with Crippen molar-refractivity contribution in [1.82, 2.24) is 14.8 Å². The van der Waals surface area contributed by atoms with Gasteiger partial charge in [0.25, 0.3) is 11.8 Å². The van der Waals surface area contributed by atoms with Crippen molar-refractivity contribution in [2.75, 3.05) is 56.2 Å². The lowest BCUT2D eigenvalue weighted by atomic mass is 10.0. The van der Waals surface area contributed by atoms with E-state index in [0.717, 1.165) is 38.2 Å². The molecule has 0 radical (unpaired) electrons. The fourth-order valence-corrected chi connectivity index (χ4v) is 5.17. The molecule has 3 amide bonds. The summed E-state index contributed by atoms with van der Waals surface area (Å²) in [6, 6.07) is 10.8. The van der Waals surface area contributed by atoms with Crippen LogP contribution < -0.4 is 16.0 Å². The van der Waals surface area contributed by atoms with Crippen LogP contribution in [-0.2, 0) is 9.53 Å². The van der Waals surface area contributed by atoms with Crippen LogP contribution in [0.4, 0.5) is 17.3 Å². The molecule has 4 heterocycles.